The van der Waals surface area contributed by atoms with Crippen LogP contribution in [-0.4, -0.2) is 18.3 Å². The van der Waals surface area contributed by atoms with Gasteiger partial charge in [0, 0.05) is 16.0 Å². The van der Waals surface area contributed by atoms with Crippen LogP contribution in [0.25, 0.3) is 0 Å². The third-order valence-electron chi connectivity index (χ3n) is 1.68. The van der Waals surface area contributed by atoms with Crippen molar-refractivity contribution in [3.63, 3.8) is 0 Å². The summed E-state index contributed by atoms with van der Waals surface area (Å²) in [4.78, 5) is 0. The number of nitrogens with one attached hydrogen (secondary N) is 1. The molecule has 0 fully saturated rings. The zero-order chi connectivity index (χ0) is 9.84. The van der Waals surface area contributed by atoms with Crippen LogP contribution in [0.5, 0.6) is 0 Å². The Labute approximate surface area is 91.0 Å². The van der Waals surface area contributed by atoms with Crippen LogP contribution in [0.3, 0.4) is 0 Å². The monoisotopic (exact) mass is 263 g/mol. The first kappa shape index (κ1) is 10.8. The number of benzene rings is 1. The predicted molar refractivity (Wildman–Crippen MR) is 59.5 cm³/mol. The maximum absolute atomic E-state index is 8.63. The number of aliphatic hydroxyl groups is 1. The number of hydrogen-bond acceptors (Lipinski definition) is 2. The Balaban J connectivity index is 2.88. The average molecular weight is 265 g/mol. The van der Waals surface area contributed by atoms with E-state index >= 15 is 0 Å². The summed E-state index contributed by atoms with van der Waals surface area (Å²) in [6.07, 6.45) is 0. The lowest BCUT2D eigenvalue weighted by molar-refractivity contribution is 0.311. The minimum Gasteiger partial charge on any atom is -0.395 e. The van der Waals surface area contributed by atoms with E-state index < -0.39 is 0 Å². The van der Waals surface area contributed by atoms with Gasteiger partial charge in [0.25, 0.3) is 0 Å². The molecule has 0 saturated carbocycles. The summed E-state index contributed by atoms with van der Waals surface area (Å²) in [5, 5.41) is 12.4. The van der Waals surface area contributed by atoms with Crippen molar-refractivity contribution in [2.75, 3.05) is 18.5 Å². The molecule has 2 N–H and O–H groups in total. The predicted octanol–water partition coefficient (Wildman–Crippen LogP) is 2.82. The van der Waals surface area contributed by atoms with Crippen molar-refractivity contribution in [3.8, 4) is 0 Å². The van der Waals surface area contributed by atoms with Gasteiger partial charge in [0.15, 0.2) is 0 Å². The molecule has 13 heavy (non-hydrogen) atoms. The smallest absolute Gasteiger partial charge is 0.0604 e. The van der Waals surface area contributed by atoms with Gasteiger partial charge in [-0.1, -0.05) is 11.6 Å². The Morgan fingerprint density at radius 2 is 2.23 bits per heavy atom. The van der Waals surface area contributed by atoms with E-state index in [1.165, 1.54) is 0 Å². The van der Waals surface area contributed by atoms with Gasteiger partial charge in [-0.15, -0.1) is 0 Å². The van der Waals surface area contributed by atoms with E-state index in [0.717, 1.165) is 20.7 Å². The largest absolute Gasteiger partial charge is 0.395 e. The zero-order valence-electron chi connectivity index (χ0n) is 7.27. The van der Waals surface area contributed by atoms with Gasteiger partial charge < -0.3 is 10.4 Å². The molecular formula is C9H11BrClNO. The van der Waals surface area contributed by atoms with E-state index in [4.69, 9.17) is 16.7 Å². The van der Waals surface area contributed by atoms with Crippen molar-refractivity contribution in [2.24, 2.45) is 0 Å². The first-order valence-electron chi connectivity index (χ1n) is 3.95. The summed E-state index contributed by atoms with van der Waals surface area (Å²) >= 11 is 9.35. The van der Waals surface area contributed by atoms with Crippen molar-refractivity contribution in [1.29, 1.82) is 0 Å². The Kier molecular flexibility index (Phi) is 4.03. The molecule has 0 aromatic heterocycles. The normalized spacial score (nSPS) is 10.2. The molecule has 0 spiro atoms. The number of hydrogen-bond donors (Lipinski definition) is 2. The fraction of sp³-hybridized carbons (Fsp3) is 0.333. The SMILES string of the molecule is Cc1cc(Br)c(NCCO)cc1Cl. The highest BCUT2D eigenvalue weighted by molar-refractivity contribution is 9.10. The van der Waals surface area contributed by atoms with E-state index in [-0.39, 0.29) is 6.61 Å². The Morgan fingerprint density at radius 3 is 2.85 bits per heavy atom. The van der Waals surface area contributed by atoms with Gasteiger partial charge in [0.05, 0.1) is 12.3 Å². The molecule has 4 heteroatoms. The highest BCUT2D eigenvalue weighted by Gasteiger charge is 2.02. The third kappa shape index (κ3) is 2.86. The van der Waals surface area contributed by atoms with Gasteiger partial charge in [0.2, 0.25) is 0 Å². The summed E-state index contributed by atoms with van der Waals surface area (Å²) in [6, 6.07) is 3.79. The second-order valence-corrected chi connectivity index (χ2v) is 3.99. The van der Waals surface area contributed by atoms with E-state index in [1.54, 1.807) is 0 Å². The molecule has 72 valence electrons. The molecule has 0 radical (unpaired) electrons. The lowest BCUT2D eigenvalue weighted by Gasteiger charge is -2.08. The lowest BCUT2D eigenvalue weighted by Crippen LogP contribution is -2.05. The van der Waals surface area contributed by atoms with Crippen LogP contribution in [-0.2, 0) is 0 Å². The van der Waals surface area contributed by atoms with Crippen LogP contribution in [0.1, 0.15) is 5.56 Å². The first-order chi connectivity index (χ1) is 6.15. The summed E-state index contributed by atoms with van der Waals surface area (Å²) in [7, 11) is 0. The molecule has 0 bridgehead atoms. The average Bonchev–Trinajstić information content (AvgIpc) is 2.09. The highest BCUT2D eigenvalue weighted by Crippen LogP contribution is 2.28. The molecule has 0 atom stereocenters. The Hall–Kier alpha value is -0.250. The van der Waals surface area contributed by atoms with Gasteiger partial charge in [-0.25, -0.2) is 0 Å². The third-order valence-corrected chi connectivity index (χ3v) is 2.74. The number of anilines is 1. The standard InChI is InChI=1S/C9H11BrClNO/c1-6-4-7(10)9(5-8(6)11)12-2-3-13/h4-5,12-13H,2-3H2,1H3. The van der Waals surface area contributed by atoms with Gasteiger partial charge in [0.1, 0.15) is 0 Å². The lowest BCUT2D eigenvalue weighted by atomic mass is 10.2. The maximum atomic E-state index is 8.63. The molecule has 1 aromatic rings. The van der Waals surface area contributed by atoms with Crippen molar-refractivity contribution in [3.05, 3.63) is 27.2 Å². The fourth-order valence-corrected chi connectivity index (χ4v) is 1.73. The van der Waals surface area contributed by atoms with Gasteiger partial charge in [-0.3, -0.25) is 0 Å². The van der Waals surface area contributed by atoms with Crippen LogP contribution in [0, 0.1) is 6.92 Å². The Morgan fingerprint density at radius 1 is 1.54 bits per heavy atom. The van der Waals surface area contributed by atoms with Crippen LogP contribution in [0.2, 0.25) is 5.02 Å². The summed E-state index contributed by atoms with van der Waals surface area (Å²) < 4.78 is 0.961. The van der Waals surface area contributed by atoms with E-state index in [1.807, 2.05) is 19.1 Å². The molecule has 1 rings (SSSR count). The number of aryl methyl sites for hydroxylation is 1. The number of rotatable bonds is 3. The topological polar surface area (TPSA) is 32.3 Å². The fourth-order valence-electron chi connectivity index (χ4n) is 0.972. The molecular weight excluding hydrogens is 253 g/mol. The minimum atomic E-state index is 0.109. The van der Waals surface area contributed by atoms with Crippen LogP contribution in [0.15, 0.2) is 16.6 Å². The summed E-state index contributed by atoms with van der Waals surface area (Å²) in [6.45, 7) is 2.58. The second kappa shape index (κ2) is 4.84. The molecule has 0 unspecified atom stereocenters. The van der Waals surface area contributed by atoms with Crippen LogP contribution >= 0.6 is 27.5 Å². The van der Waals surface area contributed by atoms with E-state index in [2.05, 4.69) is 21.2 Å². The molecule has 0 heterocycles. The summed E-state index contributed by atoms with van der Waals surface area (Å²) in [5.74, 6) is 0. The molecule has 0 aliphatic carbocycles. The summed E-state index contributed by atoms with van der Waals surface area (Å²) in [5.41, 5.74) is 1.94. The molecule has 0 saturated heterocycles. The molecule has 0 aliphatic heterocycles. The van der Waals surface area contributed by atoms with Crippen molar-refractivity contribution < 1.29 is 5.11 Å². The van der Waals surface area contributed by atoms with Gasteiger partial charge in [-0.05, 0) is 40.5 Å². The van der Waals surface area contributed by atoms with Crippen LogP contribution < -0.4 is 5.32 Å². The maximum Gasteiger partial charge on any atom is 0.0604 e. The molecule has 0 aliphatic rings. The van der Waals surface area contributed by atoms with Crippen molar-refractivity contribution >= 4 is 33.2 Å². The van der Waals surface area contributed by atoms with Crippen molar-refractivity contribution in [1.82, 2.24) is 0 Å². The zero-order valence-corrected chi connectivity index (χ0v) is 9.61. The number of aliphatic hydroxyl groups excluding tert-OH is 1. The second-order valence-electron chi connectivity index (χ2n) is 2.73. The van der Waals surface area contributed by atoms with E-state index in [0.29, 0.717) is 6.54 Å². The molecule has 2 nitrogen and oxygen atoms in total. The van der Waals surface area contributed by atoms with Crippen LogP contribution in [0.4, 0.5) is 5.69 Å². The minimum absolute atomic E-state index is 0.109. The van der Waals surface area contributed by atoms with E-state index in [9.17, 15) is 0 Å². The molecule has 1 aromatic carbocycles. The number of halogens is 2. The highest BCUT2D eigenvalue weighted by atomic mass is 79.9. The Bertz CT molecular complexity index is 304. The quantitative estimate of drug-likeness (QED) is 0.880. The van der Waals surface area contributed by atoms with Gasteiger partial charge >= 0.3 is 0 Å². The first-order valence-corrected chi connectivity index (χ1v) is 5.12. The van der Waals surface area contributed by atoms with Crippen molar-refractivity contribution in [2.45, 2.75) is 6.92 Å². The molecule has 0 amide bonds. The van der Waals surface area contributed by atoms with Gasteiger partial charge in [-0.2, -0.15) is 0 Å².